The zero-order valence-electron chi connectivity index (χ0n) is 10.6. The van der Waals surface area contributed by atoms with Gasteiger partial charge in [-0.25, -0.2) is 0 Å². The van der Waals surface area contributed by atoms with Crippen molar-refractivity contribution in [1.29, 1.82) is 0 Å². The Labute approximate surface area is 97.9 Å². The first kappa shape index (κ1) is 13.0. The maximum Gasteiger partial charge on any atom is 0.119 e. The van der Waals surface area contributed by atoms with Gasteiger partial charge in [0.25, 0.3) is 0 Å². The van der Waals surface area contributed by atoms with Crippen LogP contribution in [0.25, 0.3) is 0 Å². The molecule has 0 heterocycles. The first-order valence-corrected chi connectivity index (χ1v) is 5.76. The third-order valence-electron chi connectivity index (χ3n) is 2.63. The molecular formula is C14H22O2. The molecule has 0 aromatic heterocycles. The minimum Gasteiger partial charge on any atom is -0.508 e. The number of phenolic OH excluding ortho intramolecular Hbond substituents is 1. The van der Waals surface area contributed by atoms with Crippen LogP contribution in [0.4, 0.5) is 0 Å². The number of aliphatic hydroxyl groups excluding tert-OH is 1. The van der Waals surface area contributed by atoms with Gasteiger partial charge < -0.3 is 10.2 Å². The van der Waals surface area contributed by atoms with Crippen molar-refractivity contribution in [2.24, 2.45) is 5.41 Å². The summed E-state index contributed by atoms with van der Waals surface area (Å²) < 4.78 is 0. The van der Waals surface area contributed by atoms with E-state index < -0.39 is 0 Å². The number of hydrogen-bond donors (Lipinski definition) is 2. The summed E-state index contributed by atoms with van der Waals surface area (Å²) in [6, 6.07) is 5.68. The van der Waals surface area contributed by atoms with E-state index in [1.165, 1.54) is 5.56 Å². The van der Waals surface area contributed by atoms with E-state index in [1.807, 2.05) is 19.1 Å². The van der Waals surface area contributed by atoms with Crippen LogP contribution in [0.1, 0.15) is 44.7 Å². The first-order chi connectivity index (χ1) is 7.33. The maximum atomic E-state index is 9.72. The van der Waals surface area contributed by atoms with Gasteiger partial charge in [0.15, 0.2) is 0 Å². The van der Waals surface area contributed by atoms with E-state index in [0.717, 1.165) is 12.0 Å². The lowest BCUT2D eigenvalue weighted by Crippen LogP contribution is -2.10. The van der Waals surface area contributed by atoms with Gasteiger partial charge in [-0.15, -0.1) is 0 Å². The van der Waals surface area contributed by atoms with Crippen LogP contribution in [0.3, 0.4) is 0 Å². The summed E-state index contributed by atoms with van der Waals surface area (Å²) in [5, 5.41) is 18.8. The molecular weight excluding hydrogens is 200 g/mol. The number of benzene rings is 1. The van der Waals surface area contributed by atoms with Crippen molar-refractivity contribution in [3.63, 3.8) is 0 Å². The van der Waals surface area contributed by atoms with Gasteiger partial charge in [0.1, 0.15) is 5.75 Å². The van der Waals surface area contributed by atoms with Crippen molar-refractivity contribution in [3.05, 3.63) is 29.3 Å². The average molecular weight is 222 g/mol. The van der Waals surface area contributed by atoms with Crippen molar-refractivity contribution in [3.8, 4) is 5.75 Å². The van der Waals surface area contributed by atoms with Crippen LogP contribution >= 0.6 is 0 Å². The molecule has 2 heteroatoms. The molecule has 0 bridgehead atoms. The highest BCUT2D eigenvalue weighted by Gasteiger charge is 2.14. The Hall–Kier alpha value is -1.02. The molecule has 0 fully saturated rings. The normalized spacial score (nSPS) is 13.8. The monoisotopic (exact) mass is 222 g/mol. The van der Waals surface area contributed by atoms with Gasteiger partial charge in [0.2, 0.25) is 0 Å². The summed E-state index contributed by atoms with van der Waals surface area (Å²) >= 11 is 0. The standard InChI is InChI=1S/C14H22O2/c1-10(9-15)12-7-11(5-6-13(12)16)8-14(2,3)4/h5-7,10,15-16H,8-9H2,1-4H3. The summed E-state index contributed by atoms with van der Waals surface area (Å²) in [7, 11) is 0. The Balaban J connectivity index is 2.98. The van der Waals surface area contributed by atoms with E-state index in [-0.39, 0.29) is 23.7 Å². The van der Waals surface area contributed by atoms with Crippen molar-refractivity contribution < 1.29 is 10.2 Å². The minimum absolute atomic E-state index is 0.0140. The van der Waals surface area contributed by atoms with E-state index in [9.17, 15) is 5.11 Å². The van der Waals surface area contributed by atoms with Gasteiger partial charge in [0.05, 0.1) is 0 Å². The molecule has 0 saturated carbocycles. The third-order valence-corrected chi connectivity index (χ3v) is 2.63. The summed E-state index contributed by atoms with van der Waals surface area (Å²) in [5.74, 6) is 0.263. The summed E-state index contributed by atoms with van der Waals surface area (Å²) in [4.78, 5) is 0. The Morgan fingerprint density at radius 1 is 1.25 bits per heavy atom. The molecule has 1 unspecified atom stereocenters. The van der Waals surface area contributed by atoms with Crippen LogP contribution in [-0.4, -0.2) is 16.8 Å². The highest BCUT2D eigenvalue weighted by molar-refractivity contribution is 5.38. The van der Waals surface area contributed by atoms with Gasteiger partial charge in [-0.1, -0.05) is 39.8 Å². The predicted molar refractivity (Wildman–Crippen MR) is 66.8 cm³/mol. The van der Waals surface area contributed by atoms with Crippen LogP contribution in [0.2, 0.25) is 0 Å². The van der Waals surface area contributed by atoms with Crippen LogP contribution in [0.5, 0.6) is 5.75 Å². The fourth-order valence-electron chi connectivity index (χ4n) is 1.82. The molecule has 0 amide bonds. The van der Waals surface area contributed by atoms with Crippen molar-refractivity contribution in [2.45, 2.75) is 40.0 Å². The van der Waals surface area contributed by atoms with Gasteiger partial charge >= 0.3 is 0 Å². The largest absolute Gasteiger partial charge is 0.508 e. The Morgan fingerprint density at radius 2 is 1.88 bits per heavy atom. The predicted octanol–water partition coefficient (Wildman–Crippen LogP) is 3.08. The topological polar surface area (TPSA) is 40.5 Å². The fraction of sp³-hybridized carbons (Fsp3) is 0.571. The molecule has 0 radical (unpaired) electrons. The number of aliphatic hydroxyl groups is 1. The molecule has 1 rings (SSSR count). The zero-order chi connectivity index (χ0) is 12.3. The number of phenols is 1. The Kier molecular flexibility index (Phi) is 3.98. The van der Waals surface area contributed by atoms with Gasteiger partial charge in [0, 0.05) is 12.5 Å². The van der Waals surface area contributed by atoms with Crippen molar-refractivity contribution in [2.75, 3.05) is 6.61 Å². The molecule has 1 aromatic carbocycles. The third kappa shape index (κ3) is 3.53. The van der Waals surface area contributed by atoms with Crippen molar-refractivity contribution >= 4 is 0 Å². The van der Waals surface area contributed by atoms with E-state index in [1.54, 1.807) is 6.07 Å². The highest BCUT2D eigenvalue weighted by atomic mass is 16.3. The quantitative estimate of drug-likeness (QED) is 0.825. The van der Waals surface area contributed by atoms with Crippen LogP contribution in [0, 0.1) is 5.41 Å². The molecule has 2 nitrogen and oxygen atoms in total. The zero-order valence-corrected chi connectivity index (χ0v) is 10.6. The molecule has 2 N–H and O–H groups in total. The van der Waals surface area contributed by atoms with Crippen molar-refractivity contribution in [1.82, 2.24) is 0 Å². The lowest BCUT2D eigenvalue weighted by molar-refractivity contribution is 0.270. The maximum absolute atomic E-state index is 9.72. The molecule has 0 saturated heterocycles. The average Bonchev–Trinajstić information content (AvgIpc) is 2.18. The fourth-order valence-corrected chi connectivity index (χ4v) is 1.82. The molecule has 0 aliphatic heterocycles. The lowest BCUT2D eigenvalue weighted by atomic mass is 9.86. The first-order valence-electron chi connectivity index (χ1n) is 5.76. The van der Waals surface area contributed by atoms with Crippen LogP contribution < -0.4 is 0 Å². The van der Waals surface area contributed by atoms with Gasteiger partial charge in [-0.05, 0) is 29.0 Å². The molecule has 0 spiro atoms. The second kappa shape index (κ2) is 4.88. The van der Waals surface area contributed by atoms with Crippen LogP contribution in [0.15, 0.2) is 18.2 Å². The Morgan fingerprint density at radius 3 is 2.38 bits per heavy atom. The lowest BCUT2D eigenvalue weighted by Gasteiger charge is -2.20. The SMILES string of the molecule is CC(CO)c1cc(CC(C)(C)C)ccc1O. The second-order valence-corrected chi connectivity index (χ2v) is 5.71. The molecule has 0 aliphatic carbocycles. The summed E-state index contributed by atoms with van der Waals surface area (Å²) in [5.41, 5.74) is 2.28. The molecule has 16 heavy (non-hydrogen) atoms. The van der Waals surface area contributed by atoms with E-state index in [2.05, 4.69) is 20.8 Å². The smallest absolute Gasteiger partial charge is 0.119 e. The number of aromatic hydroxyl groups is 1. The number of hydrogen-bond acceptors (Lipinski definition) is 2. The van der Waals surface area contributed by atoms with E-state index >= 15 is 0 Å². The molecule has 0 aliphatic rings. The molecule has 1 aromatic rings. The molecule has 90 valence electrons. The van der Waals surface area contributed by atoms with E-state index in [0.29, 0.717) is 0 Å². The van der Waals surface area contributed by atoms with Gasteiger partial charge in [-0.3, -0.25) is 0 Å². The summed E-state index contributed by atoms with van der Waals surface area (Å²) in [6.07, 6.45) is 0.971. The second-order valence-electron chi connectivity index (χ2n) is 5.71. The molecule has 1 atom stereocenters. The van der Waals surface area contributed by atoms with Gasteiger partial charge in [-0.2, -0.15) is 0 Å². The number of rotatable bonds is 3. The van der Waals surface area contributed by atoms with E-state index in [4.69, 9.17) is 5.11 Å². The minimum atomic E-state index is -0.0140. The Bertz CT molecular complexity index is 350. The van der Waals surface area contributed by atoms with Crippen LogP contribution in [-0.2, 0) is 6.42 Å². The summed E-state index contributed by atoms with van der Waals surface area (Å²) in [6.45, 7) is 8.54. The highest BCUT2D eigenvalue weighted by Crippen LogP contribution is 2.29.